The van der Waals surface area contributed by atoms with E-state index < -0.39 is 0 Å². The van der Waals surface area contributed by atoms with Gasteiger partial charge in [0.2, 0.25) is 0 Å². The minimum Gasteiger partial charge on any atom is -0.275 e. The van der Waals surface area contributed by atoms with Gasteiger partial charge in [-0.1, -0.05) is 31.4 Å². The Kier molecular flexibility index (Phi) is 4.04. The minimum atomic E-state index is -0.149. The number of hydrogen-bond donors (Lipinski definition) is 0. The molecule has 3 heteroatoms. The highest BCUT2D eigenvalue weighted by molar-refractivity contribution is 6.12. The number of hydrogen-bond acceptors (Lipinski definition) is 2. The quantitative estimate of drug-likeness (QED) is 0.406. The Morgan fingerprint density at radius 3 is 2.35 bits per heavy atom. The van der Waals surface area contributed by atoms with Crippen molar-refractivity contribution in [2.45, 2.75) is 44.9 Å². The van der Waals surface area contributed by atoms with Crippen molar-refractivity contribution in [2.75, 3.05) is 6.54 Å². The summed E-state index contributed by atoms with van der Waals surface area (Å²) in [6, 6.07) is 0. The summed E-state index contributed by atoms with van der Waals surface area (Å²) >= 11 is 0. The van der Waals surface area contributed by atoms with Crippen LogP contribution in [-0.2, 0) is 9.59 Å². The predicted molar refractivity (Wildman–Crippen MR) is 77.8 cm³/mol. The van der Waals surface area contributed by atoms with Crippen LogP contribution in [0, 0.1) is 17.8 Å². The number of amides is 2. The summed E-state index contributed by atoms with van der Waals surface area (Å²) in [6.07, 6.45) is 16.3. The molecule has 108 valence electrons. The number of allylic oxidation sites excluding steroid dienone is 2. The SMILES string of the molecule is O=C1C=CC(=O)N1CCCCCCC1CC2C=CC1C2. The fraction of sp³-hybridized carbons (Fsp3) is 0.647. The van der Waals surface area contributed by atoms with E-state index in [0.29, 0.717) is 6.54 Å². The Morgan fingerprint density at radius 1 is 0.950 bits per heavy atom. The molecule has 1 fully saturated rings. The van der Waals surface area contributed by atoms with Crippen LogP contribution in [-0.4, -0.2) is 23.3 Å². The lowest BCUT2D eigenvalue weighted by Gasteiger charge is -2.17. The number of unbranched alkanes of at least 4 members (excludes halogenated alkanes) is 3. The summed E-state index contributed by atoms with van der Waals surface area (Å²) in [5, 5.41) is 0. The number of fused-ring (bicyclic) bond motifs is 2. The lowest BCUT2D eigenvalue weighted by atomic mass is 9.88. The van der Waals surface area contributed by atoms with E-state index in [1.54, 1.807) is 0 Å². The molecule has 3 atom stereocenters. The summed E-state index contributed by atoms with van der Waals surface area (Å²) in [4.78, 5) is 24.1. The second-order valence-corrected chi connectivity index (χ2v) is 6.40. The molecule has 0 aromatic heterocycles. The minimum absolute atomic E-state index is 0.149. The first-order valence-electron chi connectivity index (χ1n) is 7.96. The van der Waals surface area contributed by atoms with Crippen molar-refractivity contribution in [3.05, 3.63) is 24.3 Å². The fourth-order valence-electron chi connectivity index (χ4n) is 3.91. The Morgan fingerprint density at radius 2 is 1.70 bits per heavy atom. The van der Waals surface area contributed by atoms with E-state index >= 15 is 0 Å². The van der Waals surface area contributed by atoms with E-state index in [1.807, 2.05) is 0 Å². The van der Waals surface area contributed by atoms with Crippen molar-refractivity contribution in [1.82, 2.24) is 4.90 Å². The van der Waals surface area contributed by atoms with Gasteiger partial charge in [-0.25, -0.2) is 0 Å². The van der Waals surface area contributed by atoms with Crippen LogP contribution < -0.4 is 0 Å². The Bertz CT molecular complexity index is 434. The first-order valence-corrected chi connectivity index (χ1v) is 7.96. The van der Waals surface area contributed by atoms with Crippen LogP contribution in [0.5, 0.6) is 0 Å². The van der Waals surface area contributed by atoms with E-state index in [9.17, 15) is 9.59 Å². The third kappa shape index (κ3) is 2.87. The van der Waals surface area contributed by atoms with Crippen LogP contribution >= 0.6 is 0 Å². The smallest absolute Gasteiger partial charge is 0.253 e. The van der Waals surface area contributed by atoms with E-state index in [0.717, 1.165) is 30.6 Å². The summed E-state index contributed by atoms with van der Waals surface area (Å²) in [5.74, 6) is 2.37. The van der Waals surface area contributed by atoms with Crippen molar-refractivity contribution in [2.24, 2.45) is 17.8 Å². The van der Waals surface area contributed by atoms with Gasteiger partial charge in [0.1, 0.15) is 0 Å². The standard InChI is InChI=1S/C17H23NO2/c19-16-8-9-17(20)18(16)10-4-2-1-3-5-14-11-13-6-7-15(14)12-13/h6-9,13-15H,1-5,10-12H2. The normalized spacial score (nSPS) is 31.0. The molecule has 3 aliphatic rings. The first-order chi connectivity index (χ1) is 9.74. The lowest BCUT2D eigenvalue weighted by molar-refractivity contribution is -0.136. The van der Waals surface area contributed by atoms with Crippen molar-refractivity contribution in [3.63, 3.8) is 0 Å². The van der Waals surface area contributed by atoms with Crippen LogP contribution in [0.1, 0.15) is 44.9 Å². The predicted octanol–water partition coefficient (Wildman–Crippen LogP) is 3.07. The molecule has 0 N–H and O–H groups in total. The van der Waals surface area contributed by atoms with E-state index in [4.69, 9.17) is 0 Å². The molecule has 20 heavy (non-hydrogen) atoms. The summed E-state index contributed by atoms with van der Waals surface area (Å²) < 4.78 is 0. The monoisotopic (exact) mass is 273 g/mol. The van der Waals surface area contributed by atoms with Gasteiger partial charge in [0.25, 0.3) is 11.8 Å². The third-order valence-corrected chi connectivity index (χ3v) is 5.02. The van der Waals surface area contributed by atoms with Gasteiger partial charge in [0.05, 0.1) is 0 Å². The van der Waals surface area contributed by atoms with Crippen molar-refractivity contribution < 1.29 is 9.59 Å². The molecular formula is C17H23NO2. The van der Waals surface area contributed by atoms with Gasteiger partial charge >= 0.3 is 0 Å². The molecule has 1 aliphatic heterocycles. The molecular weight excluding hydrogens is 250 g/mol. The average molecular weight is 273 g/mol. The molecule has 1 heterocycles. The molecule has 0 saturated heterocycles. The maximum Gasteiger partial charge on any atom is 0.253 e. The largest absolute Gasteiger partial charge is 0.275 e. The molecule has 3 nitrogen and oxygen atoms in total. The Hall–Kier alpha value is -1.38. The molecule has 2 bridgehead atoms. The van der Waals surface area contributed by atoms with Crippen LogP contribution in [0.3, 0.4) is 0 Å². The van der Waals surface area contributed by atoms with Crippen LogP contribution in [0.15, 0.2) is 24.3 Å². The molecule has 3 rings (SSSR count). The van der Waals surface area contributed by atoms with Crippen molar-refractivity contribution >= 4 is 11.8 Å². The molecule has 0 radical (unpaired) electrons. The number of carbonyl (C=O) groups is 2. The maximum atomic E-state index is 11.4. The molecule has 0 aromatic rings. The summed E-state index contributed by atoms with van der Waals surface area (Å²) in [7, 11) is 0. The molecule has 3 unspecified atom stereocenters. The number of nitrogens with zero attached hydrogens (tertiary/aromatic N) is 1. The second kappa shape index (κ2) is 5.94. The van der Waals surface area contributed by atoms with E-state index in [2.05, 4.69) is 12.2 Å². The number of imide groups is 1. The second-order valence-electron chi connectivity index (χ2n) is 6.40. The number of rotatable bonds is 7. The summed E-state index contributed by atoms with van der Waals surface area (Å²) in [6.45, 7) is 0.585. The number of carbonyl (C=O) groups excluding carboxylic acids is 2. The lowest BCUT2D eigenvalue weighted by Crippen LogP contribution is -2.30. The molecule has 0 spiro atoms. The van der Waals surface area contributed by atoms with Gasteiger partial charge in [-0.05, 0) is 43.4 Å². The molecule has 2 aliphatic carbocycles. The molecule has 1 saturated carbocycles. The third-order valence-electron chi connectivity index (χ3n) is 5.02. The molecule has 0 aromatic carbocycles. The van der Waals surface area contributed by atoms with Gasteiger partial charge in [-0.3, -0.25) is 14.5 Å². The van der Waals surface area contributed by atoms with Crippen LogP contribution in [0.2, 0.25) is 0 Å². The highest BCUT2D eigenvalue weighted by atomic mass is 16.2. The topological polar surface area (TPSA) is 37.4 Å². The van der Waals surface area contributed by atoms with Crippen LogP contribution in [0.25, 0.3) is 0 Å². The van der Waals surface area contributed by atoms with E-state index in [1.165, 1.54) is 49.2 Å². The van der Waals surface area contributed by atoms with Gasteiger partial charge in [0, 0.05) is 18.7 Å². The zero-order valence-electron chi connectivity index (χ0n) is 12.0. The van der Waals surface area contributed by atoms with Gasteiger partial charge in [-0.2, -0.15) is 0 Å². The zero-order valence-corrected chi connectivity index (χ0v) is 12.0. The first kappa shape index (κ1) is 13.6. The van der Waals surface area contributed by atoms with Gasteiger partial charge in [0.15, 0.2) is 0 Å². The zero-order chi connectivity index (χ0) is 13.9. The highest BCUT2D eigenvalue weighted by Crippen LogP contribution is 2.45. The van der Waals surface area contributed by atoms with Crippen molar-refractivity contribution in [3.8, 4) is 0 Å². The van der Waals surface area contributed by atoms with E-state index in [-0.39, 0.29) is 11.8 Å². The van der Waals surface area contributed by atoms with Gasteiger partial charge in [-0.15, -0.1) is 0 Å². The van der Waals surface area contributed by atoms with Gasteiger partial charge < -0.3 is 0 Å². The Labute approximate surface area is 120 Å². The Balaban J connectivity index is 1.25. The fourth-order valence-corrected chi connectivity index (χ4v) is 3.91. The average Bonchev–Trinajstić information content (AvgIpc) is 3.12. The van der Waals surface area contributed by atoms with Crippen molar-refractivity contribution in [1.29, 1.82) is 0 Å². The maximum absolute atomic E-state index is 11.4. The van der Waals surface area contributed by atoms with Crippen LogP contribution in [0.4, 0.5) is 0 Å². The molecule has 2 amide bonds. The summed E-state index contributed by atoms with van der Waals surface area (Å²) in [5.41, 5.74) is 0. The highest BCUT2D eigenvalue weighted by Gasteiger charge is 2.34.